The molecule has 28 heavy (non-hydrogen) atoms. The van der Waals surface area contributed by atoms with E-state index in [9.17, 15) is 4.79 Å². The van der Waals surface area contributed by atoms with Gasteiger partial charge in [0.05, 0.1) is 0 Å². The van der Waals surface area contributed by atoms with Crippen molar-refractivity contribution in [3.63, 3.8) is 0 Å². The van der Waals surface area contributed by atoms with Gasteiger partial charge in [0.15, 0.2) is 5.78 Å². The molecule has 4 aliphatic rings. The van der Waals surface area contributed by atoms with Crippen molar-refractivity contribution in [1.29, 1.82) is 0 Å². The third kappa shape index (κ3) is 3.25. The Hall–Kier alpha value is -0.850. The maximum Gasteiger partial charge on any atom is 0.156 e. The Morgan fingerprint density at radius 1 is 1.04 bits per heavy atom. The van der Waals surface area contributed by atoms with Crippen molar-refractivity contribution in [2.24, 2.45) is 46.3 Å². The standard InChI is InChI=1S/C27H42O/c1-18(2)7-6-8-19(3)23-11-12-24-22-10-9-20-17-21(28)13-15-26(20,4)25(22)14-16-27(23,24)5/h9-10,17-19,22-25H,6-8,11-16H2,1-5H3/t19-,22-,23-,24+,25+,26+,27+/m0/s1. The zero-order valence-electron chi connectivity index (χ0n) is 19.0. The molecule has 0 unspecified atom stereocenters. The van der Waals surface area contributed by atoms with Crippen molar-refractivity contribution in [2.75, 3.05) is 0 Å². The number of hydrogen-bond acceptors (Lipinski definition) is 1. The van der Waals surface area contributed by atoms with Crippen LogP contribution in [0, 0.1) is 46.3 Å². The van der Waals surface area contributed by atoms with E-state index in [1.807, 2.05) is 6.08 Å². The van der Waals surface area contributed by atoms with Crippen LogP contribution in [0.3, 0.4) is 0 Å². The van der Waals surface area contributed by atoms with Gasteiger partial charge < -0.3 is 0 Å². The summed E-state index contributed by atoms with van der Waals surface area (Å²) < 4.78 is 0. The molecule has 0 bridgehead atoms. The summed E-state index contributed by atoms with van der Waals surface area (Å²) in [7, 11) is 0. The van der Waals surface area contributed by atoms with Gasteiger partial charge >= 0.3 is 0 Å². The lowest BCUT2D eigenvalue weighted by molar-refractivity contribution is -0.116. The van der Waals surface area contributed by atoms with Crippen LogP contribution in [-0.4, -0.2) is 5.78 Å². The highest BCUT2D eigenvalue weighted by Gasteiger charge is 2.58. The monoisotopic (exact) mass is 382 g/mol. The van der Waals surface area contributed by atoms with Crippen LogP contribution >= 0.6 is 0 Å². The van der Waals surface area contributed by atoms with Gasteiger partial charge in [-0.05, 0) is 90.1 Å². The van der Waals surface area contributed by atoms with Crippen molar-refractivity contribution < 1.29 is 4.79 Å². The predicted octanol–water partition coefficient (Wildman–Crippen LogP) is 7.37. The van der Waals surface area contributed by atoms with Gasteiger partial charge in [0, 0.05) is 6.42 Å². The van der Waals surface area contributed by atoms with E-state index in [1.165, 1.54) is 50.5 Å². The van der Waals surface area contributed by atoms with E-state index in [1.54, 1.807) is 0 Å². The van der Waals surface area contributed by atoms with E-state index in [2.05, 4.69) is 46.8 Å². The molecular weight excluding hydrogens is 340 g/mol. The first-order chi connectivity index (χ1) is 13.3. The van der Waals surface area contributed by atoms with Crippen molar-refractivity contribution >= 4 is 5.78 Å². The molecule has 2 saturated carbocycles. The molecule has 156 valence electrons. The quantitative estimate of drug-likeness (QED) is 0.485. The first-order valence-corrected chi connectivity index (χ1v) is 12.2. The highest BCUT2D eigenvalue weighted by molar-refractivity contribution is 5.92. The molecule has 2 fully saturated rings. The number of ketones is 1. The molecular formula is C27H42O. The third-order valence-electron chi connectivity index (χ3n) is 9.72. The maximum absolute atomic E-state index is 12.0. The van der Waals surface area contributed by atoms with Crippen LogP contribution in [0.15, 0.2) is 23.8 Å². The highest BCUT2D eigenvalue weighted by Crippen LogP contribution is 2.66. The van der Waals surface area contributed by atoms with Crippen molar-refractivity contribution in [1.82, 2.24) is 0 Å². The fourth-order valence-corrected chi connectivity index (χ4v) is 8.02. The molecule has 4 rings (SSSR count). The summed E-state index contributed by atoms with van der Waals surface area (Å²) >= 11 is 0. The van der Waals surface area contributed by atoms with Crippen LogP contribution < -0.4 is 0 Å². The van der Waals surface area contributed by atoms with Gasteiger partial charge in [-0.1, -0.05) is 66.0 Å². The molecule has 0 amide bonds. The van der Waals surface area contributed by atoms with Crippen LogP contribution in [0.5, 0.6) is 0 Å². The Labute approximate surface area is 173 Å². The van der Waals surface area contributed by atoms with Gasteiger partial charge in [-0.15, -0.1) is 0 Å². The first-order valence-electron chi connectivity index (χ1n) is 12.2. The largest absolute Gasteiger partial charge is 0.295 e. The summed E-state index contributed by atoms with van der Waals surface area (Å²) in [6.07, 6.45) is 18.5. The number of rotatable bonds is 5. The summed E-state index contributed by atoms with van der Waals surface area (Å²) in [5.41, 5.74) is 2.12. The van der Waals surface area contributed by atoms with E-state index in [0.717, 1.165) is 48.3 Å². The number of hydrogen-bond donors (Lipinski definition) is 0. The normalized spacial score (nSPS) is 43.4. The fourth-order valence-electron chi connectivity index (χ4n) is 8.02. The zero-order valence-corrected chi connectivity index (χ0v) is 19.0. The average Bonchev–Trinajstić information content (AvgIpc) is 2.99. The van der Waals surface area contributed by atoms with E-state index in [0.29, 0.717) is 11.2 Å². The van der Waals surface area contributed by atoms with Gasteiger partial charge in [-0.25, -0.2) is 0 Å². The summed E-state index contributed by atoms with van der Waals surface area (Å²) in [5, 5.41) is 0. The Balaban J connectivity index is 1.53. The Kier molecular flexibility index (Phi) is 5.43. The Morgan fingerprint density at radius 2 is 1.82 bits per heavy atom. The molecule has 0 spiro atoms. The predicted molar refractivity (Wildman–Crippen MR) is 118 cm³/mol. The van der Waals surface area contributed by atoms with Crippen LogP contribution in [0.25, 0.3) is 0 Å². The number of carbonyl (C=O) groups is 1. The van der Waals surface area contributed by atoms with Crippen molar-refractivity contribution in [3.05, 3.63) is 23.8 Å². The van der Waals surface area contributed by atoms with E-state index >= 15 is 0 Å². The molecule has 0 radical (unpaired) electrons. The van der Waals surface area contributed by atoms with Gasteiger partial charge in [-0.2, -0.15) is 0 Å². The lowest BCUT2D eigenvalue weighted by Gasteiger charge is -2.56. The molecule has 0 heterocycles. The second kappa shape index (κ2) is 7.44. The second-order valence-corrected chi connectivity index (χ2v) is 11.7. The molecule has 0 N–H and O–H groups in total. The molecule has 0 aromatic heterocycles. The van der Waals surface area contributed by atoms with Crippen LogP contribution in [0.2, 0.25) is 0 Å². The molecule has 0 aromatic carbocycles. The first kappa shape index (κ1) is 20.4. The number of carbonyl (C=O) groups excluding carboxylic acids is 1. The third-order valence-corrected chi connectivity index (χ3v) is 9.72. The molecule has 4 aliphatic carbocycles. The Bertz CT molecular complexity index is 670. The summed E-state index contributed by atoms with van der Waals surface area (Å²) in [5.74, 6) is 5.32. The van der Waals surface area contributed by atoms with E-state index in [-0.39, 0.29) is 5.41 Å². The summed E-state index contributed by atoms with van der Waals surface area (Å²) in [4.78, 5) is 12.0. The van der Waals surface area contributed by atoms with Gasteiger partial charge in [0.2, 0.25) is 0 Å². The second-order valence-electron chi connectivity index (χ2n) is 11.7. The fraction of sp³-hybridized carbons (Fsp3) is 0.815. The van der Waals surface area contributed by atoms with Crippen molar-refractivity contribution in [3.8, 4) is 0 Å². The van der Waals surface area contributed by atoms with E-state index in [4.69, 9.17) is 0 Å². The number of allylic oxidation sites excluding steroid dienone is 4. The molecule has 0 aromatic rings. The van der Waals surface area contributed by atoms with E-state index < -0.39 is 0 Å². The lowest BCUT2D eigenvalue weighted by atomic mass is 9.48. The minimum atomic E-state index is 0.246. The molecule has 0 saturated heterocycles. The average molecular weight is 383 g/mol. The SMILES string of the molecule is CC(C)CCC[C@H](C)[C@@H]1CC[C@@H]2[C@@H]3C=CC4=CC(=O)CC[C@@]4(C)[C@@H]3CC[C@@]21C. The van der Waals surface area contributed by atoms with Crippen LogP contribution in [0.4, 0.5) is 0 Å². The van der Waals surface area contributed by atoms with Gasteiger partial charge in [-0.3, -0.25) is 4.79 Å². The van der Waals surface area contributed by atoms with Gasteiger partial charge in [0.1, 0.15) is 0 Å². The maximum atomic E-state index is 12.0. The minimum Gasteiger partial charge on any atom is -0.295 e. The van der Waals surface area contributed by atoms with Gasteiger partial charge in [0.25, 0.3) is 0 Å². The lowest BCUT2D eigenvalue weighted by Crippen LogP contribution is -2.49. The van der Waals surface area contributed by atoms with Crippen molar-refractivity contribution in [2.45, 2.75) is 92.4 Å². The van der Waals surface area contributed by atoms with Crippen LogP contribution in [0.1, 0.15) is 92.4 Å². The zero-order chi connectivity index (χ0) is 20.1. The minimum absolute atomic E-state index is 0.246. The Morgan fingerprint density at radius 3 is 2.57 bits per heavy atom. The summed E-state index contributed by atoms with van der Waals surface area (Å²) in [6.45, 7) is 12.4. The molecule has 0 aliphatic heterocycles. The van der Waals surface area contributed by atoms with Crippen LogP contribution in [-0.2, 0) is 4.79 Å². The molecule has 7 atom stereocenters. The number of fused-ring (bicyclic) bond motifs is 5. The topological polar surface area (TPSA) is 17.1 Å². The highest BCUT2D eigenvalue weighted by atomic mass is 16.1. The summed E-state index contributed by atoms with van der Waals surface area (Å²) in [6, 6.07) is 0. The molecule has 1 heteroatoms. The molecule has 1 nitrogen and oxygen atoms in total. The smallest absolute Gasteiger partial charge is 0.156 e.